The lowest BCUT2D eigenvalue weighted by atomic mass is 10.3. The molecule has 0 unspecified atom stereocenters. The molecule has 1 amide bonds. The Labute approximate surface area is 99.2 Å². The number of anilines is 1. The summed E-state index contributed by atoms with van der Waals surface area (Å²) in [6, 6.07) is 2.12. The maximum Gasteiger partial charge on any atom is 0.224 e. The maximum absolute atomic E-state index is 11.2. The number of nitrogens with zero attached hydrogens (tertiary/aromatic N) is 3. The van der Waals surface area contributed by atoms with Crippen LogP contribution in [-0.4, -0.2) is 30.2 Å². The first kappa shape index (κ1) is 11.1. The average Bonchev–Trinajstić information content (AvgIpc) is 2.84. The first-order chi connectivity index (χ1) is 7.58. The van der Waals surface area contributed by atoms with E-state index in [1.807, 2.05) is 5.01 Å². The van der Waals surface area contributed by atoms with Gasteiger partial charge >= 0.3 is 0 Å². The van der Waals surface area contributed by atoms with Crippen molar-refractivity contribution in [1.29, 1.82) is 0 Å². The Hall–Kier alpha value is -1.36. The van der Waals surface area contributed by atoms with Crippen LogP contribution in [0.1, 0.15) is 18.9 Å². The van der Waals surface area contributed by atoms with Crippen LogP contribution < -0.4 is 5.01 Å². The summed E-state index contributed by atoms with van der Waals surface area (Å²) in [6.45, 7) is 4.48. The monoisotopic (exact) mass is 237 g/mol. The normalized spacial score (nSPS) is 15.2. The summed E-state index contributed by atoms with van der Waals surface area (Å²) in [5.74, 6) is 0.876. The van der Waals surface area contributed by atoms with Crippen LogP contribution in [0.15, 0.2) is 16.5 Å². The first-order valence-electron chi connectivity index (χ1n) is 5.22. The molecule has 2 heterocycles. The predicted molar refractivity (Wildman–Crippen MR) is 66.9 cm³/mol. The number of hydrogen-bond donors (Lipinski definition) is 0. The van der Waals surface area contributed by atoms with Crippen molar-refractivity contribution in [2.45, 2.75) is 20.3 Å². The van der Waals surface area contributed by atoms with Crippen molar-refractivity contribution in [3.05, 3.63) is 17.0 Å². The number of rotatable bonds is 1. The van der Waals surface area contributed by atoms with Gasteiger partial charge in [-0.2, -0.15) is 5.10 Å². The summed E-state index contributed by atoms with van der Waals surface area (Å²) in [4.78, 5) is 12.8. The van der Waals surface area contributed by atoms with E-state index in [1.165, 1.54) is 5.56 Å². The van der Waals surface area contributed by atoms with E-state index in [9.17, 15) is 4.79 Å². The lowest BCUT2D eigenvalue weighted by molar-refractivity contribution is -0.124. The number of thiophene rings is 1. The highest BCUT2D eigenvalue weighted by molar-refractivity contribution is 7.14. The van der Waals surface area contributed by atoms with Gasteiger partial charge in [-0.1, -0.05) is 0 Å². The molecule has 0 bridgehead atoms. The Morgan fingerprint density at radius 2 is 2.38 bits per heavy atom. The second kappa shape index (κ2) is 4.25. The van der Waals surface area contributed by atoms with E-state index in [1.54, 1.807) is 30.2 Å². The maximum atomic E-state index is 11.2. The van der Waals surface area contributed by atoms with E-state index in [2.05, 4.69) is 23.5 Å². The predicted octanol–water partition coefficient (Wildman–Crippen LogP) is 2.06. The van der Waals surface area contributed by atoms with Crippen LogP contribution in [0.2, 0.25) is 0 Å². The molecule has 2 rings (SSSR count). The average molecular weight is 237 g/mol. The molecule has 0 atom stereocenters. The molecule has 0 saturated heterocycles. The molecular formula is C11H15N3OS. The summed E-state index contributed by atoms with van der Waals surface area (Å²) < 4.78 is 0. The zero-order valence-corrected chi connectivity index (χ0v) is 10.5. The molecule has 0 spiro atoms. The minimum absolute atomic E-state index is 0.0305. The summed E-state index contributed by atoms with van der Waals surface area (Å²) in [7, 11) is 1.77. The van der Waals surface area contributed by atoms with E-state index in [0.717, 1.165) is 23.8 Å². The van der Waals surface area contributed by atoms with Gasteiger partial charge in [0, 0.05) is 26.9 Å². The van der Waals surface area contributed by atoms with E-state index in [-0.39, 0.29) is 5.91 Å². The molecule has 0 saturated carbocycles. The molecule has 86 valence electrons. The SMILES string of the molecule is CC(=O)N(C)C1=NN(c2cc(C)cs2)CC1. The highest BCUT2D eigenvalue weighted by Gasteiger charge is 2.21. The number of carbonyl (C=O) groups excluding carboxylic acids is 1. The minimum atomic E-state index is 0.0305. The van der Waals surface area contributed by atoms with Crippen LogP contribution in [-0.2, 0) is 4.79 Å². The van der Waals surface area contributed by atoms with Gasteiger partial charge in [-0.3, -0.25) is 9.80 Å². The van der Waals surface area contributed by atoms with Crippen molar-refractivity contribution in [3.63, 3.8) is 0 Å². The molecule has 1 aromatic rings. The molecule has 0 radical (unpaired) electrons. The van der Waals surface area contributed by atoms with Gasteiger partial charge in [-0.25, -0.2) is 0 Å². The van der Waals surface area contributed by atoms with Gasteiger partial charge in [0.05, 0.1) is 0 Å². The van der Waals surface area contributed by atoms with Crippen LogP contribution in [0.4, 0.5) is 5.00 Å². The van der Waals surface area contributed by atoms with E-state index in [0.29, 0.717) is 0 Å². The molecule has 5 heteroatoms. The highest BCUT2D eigenvalue weighted by Crippen LogP contribution is 2.27. The van der Waals surface area contributed by atoms with Gasteiger partial charge < -0.3 is 4.90 Å². The molecular weight excluding hydrogens is 222 g/mol. The molecule has 1 aliphatic rings. The van der Waals surface area contributed by atoms with Gasteiger partial charge in [-0.05, 0) is 23.9 Å². The Bertz CT molecular complexity index is 438. The second-order valence-electron chi connectivity index (χ2n) is 3.93. The number of carbonyl (C=O) groups is 1. The molecule has 0 N–H and O–H groups in total. The summed E-state index contributed by atoms with van der Waals surface area (Å²) in [5, 5.41) is 9.67. The van der Waals surface area contributed by atoms with Gasteiger partial charge in [0.2, 0.25) is 5.91 Å². The summed E-state index contributed by atoms with van der Waals surface area (Å²) in [6.07, 6.45) is 0.826. The molecule has 4 nitrogen and oxygen atoms in total. The number of amides is 1. The van der Waals surface area contributed by atoms with Gasteiger partial charge in [-0.15, -0.1) is 11.3 Å². The quantitative estimate of drug-likeness (QED) is 0.749. The molecule has 1 aromatic heterocycles. The Balaban J connectivity index is 2.14. The standard InChI is InChI=1S/C11H15N3OS/c1-8-6-11(16-7-8)14-5-4-10(12-14)13(3)9(2)15/h6-7H,4-5H2,1-3H3. The topological polar surface area (TPSA) is 35.9 Å². The number of hydrogen-bond acceptors (Lipinski definition) is 4. The van der Waals surface area contributed by atoms with Crippen LogP contribution in [0.3, 0.4) is 0 Å². The lowest BCUT2D eigenvalue weighted by Crippen LogP contribution is -2.29. The Morgan fingerprint density at radius 1 is 1.62 bits per heavy atom. The largest absolute Gasteiger partial charge is 0.302 e. The molecule has 1 aliphatic heterocycles. The second-order valence-corrected chi connectivity index (χ2v) is 4.82. The number of aryl methyl sites for hydroxylation is 1. The fourth-order valence-electron chi connectivity index (χ4n) is 1.57. The van der Waals surface area contributed by atoms with Gasteiger partial charge in [0.15, 0.2) is 0 Å². The van der Waals surface area contributed by atoms with Crippen LogP contribution in [0, 0.1) is 6.92 Å². The fraction of sp³-hybridized carbons (Fsp3) is 0.455. The molecule has 0 aromatic carbocycles. The Kier molecular flexibility index (Phi) is 2.96. The summed E-state index contributed by atoms with van der Waals surface area (Å²) >= 11 is 1.68. The third-order valence-electron chi connectivity index (χ3n) is 2.61. The lowest BCUT2D eigenvalue weighted by Gasteiger charge is -2.13. The third-order valence-corrected chi connectivity index (χ3v) is 3.67. The molecule has 0 fully saturated rings. The molecule has 0 aliphatic carbocycles. The van der Waals surface area contributed by atoms with Crippen molar-refractivity contribution in [2.24, 2.45) is 5.10 Å². The zero-order chi connectivity index (χ0) is 11.7. The first-order valence-corrected chi connectivity index (χ1v) is 6.10. The minimum Gasteiger partial charge on any atom is -0.302 e. The van der Waals surface area contributed by atoms with Gasteiger partial charge in [0.1, 0.15) is 10.8 Å². The van der Waals surface area contributed by atoms with Crippen molar-refractivity contribution in [1.82, 2.24) is 4.90 Å². The number of hydrazone groups is 1. The molecule has 16 heavy (non-hydrogen) atoms. The third kappa shape index (κ3) is 2.09. The van der Waals surface area contributed by atoms with E-state index in [4.69, 9.17) is 0 Å². The van der Waals surface area contributed by atoms with Crippen molar-refractivity contribution < 1.29 is 4.79 Å². The Morgan fingerprint density at radius 3 is 2.94 bits per heavy atom. The van der Waals surface area contributed by atoms with Crippen molar-refractivity contribution in [2.75, 3.05) is 18.6 Å². The number of amidine groups is 1. The zero-order valence-electron chi connectivity index (χ0n) is 9.73. The van der Waals surface area contributed by atoms with Crippen LogP contribution >= 0.6 is 11.3 Å². The summed E-state index contributed by atoms with van der Waals surface area (Å²) in [5.41, 5.74) is 1.25. The smallest absolute Gasteiger partial charge is 0.224 e. The van der Waals surface area contributed by atoms with Gasteiger partial charge in [0.25, 0.3) is 0 Å². The van der Waals surface area contributed by atoms with Crippen molar-refractivity contribution in [3.8, 4) is 0 Å². The van der Waals surface area contributed by atoms with Crippen LogP contribution in [0.25, 0.3) is 0 Å². The van der Waals surface area contributed by atoms with Crippen molar-refractivity contribution >= 4 is 28.1 Å². The van der Waals surface area contributed by atoms with Crippen LogP contribution in [0.5, 0.6) is 0 Å². The fourth-order valence-corrected chi connectivity index (χ4v) is 2.46. The van der Waals surface area contributed by atoms with E-state index < -0.39 is 0 Å². The highest BCUT2D eigenvalue weighted by atomic mass is 32.1. The van der Waals surface area contributed by atoms with E-state index >= 15 is 0 Å².